The van der Waals surface area contributed by atoms with E-state index < -0.39 is 26.8 Å². The van der Waals surface area contributed by atoms with E-state index in [1.165, 1.54) is 0 Å². The van der Waals surface area contributed by atoms with Gasteiger partial charge in [0.1, 0.15) is 0 Å². The molecule has 0 bridgehead atoms. The number of hydrogen-bond acceptors (Lipinski definition) is 10. The number of nitrogens with one attached hydrogen (secondary N) is 1. The van der Waals surface area contributed by atoms with Crippen molar-refractivity contribution < 1.29 is 35.5 Å². The zero-order valence-corrected chi connectivity index (χ0v) is 28.0. The summed E-state index contributed by atoms with van der Waals surface area (Å²) < 4.78 is 68.2. The highest BCUT2D eigenvalue weighted by atomic mass is 79.9. The first kappa shape index (κ1) is 32.7. The van der Waals surface area contributed by atoms with Crippen molar-refractivity contribution in [1.29, 1.82) is 0 Å². The van der Waals surface area contributed by atoms with E-state index in [2.05, 4.69) is 31.2 Å². The number of hydrogen-bond donors (Lipinski definition) is 1. The van der Waals surface area contributed by atoms with Crippen LogP contribution >= 0.6 is 15.9 Å². The van der Waals surface area contributed by atoms with Gasteiger partial charge in [0.25, 0.3) is 0 Å². The van der Waals surface area contributed by atoms with Gasteiger partial charge >= 0.3 is 14.2 Å². The van der Waals surface area contributed by atoms with Gasteiger partial charge in [0.2, 0.25) is 0 Å². The topological polar surface area (TPSA) is 152 Å². The van der Waals surface area contributed by atoms with Crippen LogP contribution in [0.5, 0.6) is 0 Å². The molecule has 228 valence electrons. The first-order chi connectivity index (χ1) is 18.6. The SMILES string of the molecule is CC1(C)OB(c2cn[nH]c2)OC1(C)C.CC1(C)OB(c2cnn(C3CS(=O)(=O)C3)c2)OC1(C)C.O=S1(=O)CC(Br)C1. The molecule has 2 aromatic rings. The number of H-pyrrole nitrogens is 1. The number of nitrogens with zero attached hydrogens (tertiary/aromatic N) is 3. The van der Waals surface area contributed by atoms with Gasteiger partial charge < -0.3 is 18.6 Å². The fourth-order valence-electron chi connectivity index (χ4n) is 4.21. The van der Waals surface area contributed by atoms with Gasteiger partial charge in [0, 0.05) is 40.5 Å². The number of rotatable bonds is 3. The predicted molar refractivity (Wildman–Crippen MR) is 161 cm³/mol. The van der Waals surface area contributed by atoms with Crippen LogP contribution in [0, 0.1) is 0 Å². The van der Waals surface area contributed by atoms with E-state index >= 15 is 0 Å². The Kier molecular flexibility index (Phi) is 8.80. The van der Waals surface area contributed by atoms with Crippen LogP contribution in [-0.4, -0.2) is 101 Å². The van der Waals surface area contributed by atoms with Crippen LogP contribution in [0.1, 0.15) is 61.4 Å². The molecule has 0 radical (unpaired) electrons. The van der Waals surface area contributed by atoms with E-state index in [0.29, 0.717) is 11.5 Å². The lowest BCUT2D eigenvalue weighted by atomic mass is 9.82. The number of alkyl halides is 1. The summed E-state index contributed by atoms with van der Waals surface area (Å²) in [6.07, 6.45) is 7.03. The van der Waals surface area contributed by atoms with Crippen molar-refractivity contribution in [3.8, 4) is 0 Å². The second-order valence-electron chi connectivity index (χ2n) is 12.9. The van der Waals surface area contributed by atoms with Gasteiger partial charge in [0.15, 0.2) is 19.7 Å². The maximum Gasteiger partial charge on any atom is 0.498 e. The second-order valence-corrected chi connectivity index (χ2v) is 18.5. The van der Waals surface area contributed by atoms with Crippen LogP contribution in [-0.2, 0) is 38.3 Å². The molecule has 4 saturated heterocycles. The standard InChI is InChI=1S/C12H19BN2O4S.C9H15BN2O2.C3H5BrO2S/c1-11(2)12(3,4)19-13(18-11)9-5-14-15(6-9)10-7-20(16,17)8-10;1-8(2)9(3,4)14-10(13-8)7-5-11-12-6-7;4-3-1-7(5,6)2-3/h5-6,10H,7-8H2,1-4H3;5-6H,1-4H3,(H,11,12);3H,1-2H2. The molecule has 12 nitrogen and oxygen atoms in total. The molecule has 4 aliphatic rings. The highest BCUT2D eigenvalue weighted by molar-refractivity contribution is 9.09. The maximum atomic E-state index is 11.2. The Hall–Kier alpha value is -1.23. The van der Waals surface area contributed by atoms with E-state index in [4.69, 9.17) is 18.6 Å². The van der Waals surface area contributed by atoms with E-state index in [-0.39, 0.29) is 51.9 Å². The Labute approximate surface area is 251 Å². The Bertz CT molecular complexity index is 1390. The minimum Gasteiger partial charge on any atom is -0.399 e. The Morgan fingerprint density at radius 1 is 0.780 bits per heavy atom. The third-order valence-electron chi connectivity index (χ3n) is 8.33. The smallest absolute Gasteiger partial charge is 0.399 e. The van der Waals surface area contributed by atoms with Gasteiger partial charge in [-0.25, -0.2) is 16.8 Å². The van der Waals surface area contributed by atoms with Crippen molar-refractivity contribution in [1.82, 2.24) is 20.0 Å². The van der Waals surface area contributed by atoms with Crippen LogP contribution < -0.4 is 10.9 Å². The van der Waals surface area contributed by atoms with Crippen molar-refractivity contribution in [2.24, 2.45) is 0 Å². The molecular weight excluding hydrogens is 638 g/mol. The lowest BCUT2D eigenvalue weighted by Crippen LogP contribution is -2.41. The molecule has 4 fully saturated rings. The summed E-state index contributed by atoms with van der Waals surface area (Å²) in [7, 11) is -6.19. The molecule has 1 N–H and O–H groups in total. The maximum absolute atomic E-state index is 11.2. The van der Waals surface area contributed by atoms with E-state index in [0.717, 1.165) is 10.9 Å². The quantitative estimate of drug-likeness (QED) is 0.369. The number of sulfone groups is 2. The molecule has 0 amide bonds. The monoisotopic (exact) mass is 676 g/mol. The summed E-state index contributed by atoms with van der Waals surface area (Å²) in [4.78, 5) is 0.234. The minimum atomic E-state index is -2.85. The lowest BCUT2D eigenvalue weighted by Gasteiger charge is -2.32. The van der Waals surface area contributed by atoms with Crippen molar-refractivity contribution in [3.63, 3.8) is 0 Å². The third kappa shape index (κ3) is 7.29. The molecule has 6 rings (SSSR count). The number of aromatic nitrogens is 4. The zero-order chi connectivity index (χ0) is 30.6. The summed E-state index contributed by atoms with van der Waals surface area (Å²) in [5, 5.41) is 10.9. The Balaban J connectivity index is 0.000000159. The summed E-state index contributed by atoms with van der Waals surface area (Å²) in [6.45, 7) is 16.1. The highest BCUT2D eigenvalue weighted by Crippen LogP contribution is 2.37. The molecule has 0 unspecified atom stereocenters. The summed E-state index contributed by atoms with van der Waals surface area (Å²) in [5.74, 6) is 0.981. The molecule has 0 saturated carbocycles. The highest BCUT2D eigenvalue weighted by Gasteiger charge is 2.53. The summed E-state index contributed by atoms with van der Waals surface area (Å²) >= 11 is 3.16. The second kappa shape index (κ2) is 11.0. The first-order valence-electron chi connectivity index (χ1n) is 13.4. The van der Waals surface area contributed by atoms with Crippen LogP contribution in [0.3, 0.4) is 0 Å². The lowest BCUT2D eigenvalue weighted by molar-refractivity contribution is 0.00578. The molecule has 6 heterocycles. The normalized spacial score (nSPS) is 26.7. The summed E-state index contributed by atoms with van der Waals surface area (Å²) in [6, 6.07) is -0.0591. The van der Waals surface area contributed by atoms with E-state index in [1.807, 2.05) is 61.6 Å². The molecule has 0 aromatic carbocycles. The molecule has 41 heavy (non-hydrogen) atoms. The fraction of sp³-hybridized carbons (Fsp3) is 0.750. The minimum absolute atomic E-state index is 0.0591. The van der Waals surface area contributed by atoms with Gasteiger partial charge in [-0.2, -0.15) is 10.2 Å². The predicted octanol–water partition coefficient (Wildman–Crippen LogP) is 1.04. The Morgan fingerprint density at radius 2 is 1.22 bits per heavy atom. The van der Waals surface area contributed by atoms with Crippen LogP contribution in [0.2, 0.25) is 0 Å². The molecule has 0 spiro atoms. The number of halogens is 1. The molecular formula is C24H39B2BrN4O8S2. The van der Waals surface area contributed by atoms with Crippen LogP contribution in [0.4, 0.5) is 0 Å². The molecule has 2 aromatic heterocycles. The average molecular weight is 677 g/mol. The van der Waals surface area contributed by atoms with E-state index in [1.54, 1.807) is 23.3 Å². The molecule has 0 atom stereocenters. The van der Waals surface area contributed by atoms with Crippen molar-refractivity contribution >= 4 is 60.8 Å². The van der Waals surface area contributed by atoms with Crippen molar-refractivity contribution in [2.75, 3.05) is 23.0 Å². The molecule has 4 aliphatic heterocycles. The van der Waals surface area contributed by atoms with Crippen LogP contribution in [0.25, 0.3) is 0 Å². The summed E-state index contributed by atoms with van der Waals surface area (Å²) in [5.41, 5.74) is 0.417. The molecule has 0 aliphatic carbocycles. The van der Waals surface area contributed by atoms with Crippen LogP contribution in [0.15, 0.2) is 24.8 Å². The van der Waals surface area contributed by atoms with Gasteiger partial charge in [-0.1, -0.05) is 15.9 Å². The first-order valence-corrected chi connectivity index (χ1v) is 18.0. The average Bonchev–Trinajstić information content (AvgIpc) is 3.53. The largest absolute Gasteiger partial charge is 0.498 e. The van der Waals surface area contributed by atoms with Gasteiger partial charge in [-0.05, 0) is 55.4 Å². The van der Waals surface area contributed by atoms with E-state index in [9.17, 15) is 16.8 Å². The zero-order valence-electron chi connectivity index (χ0n) is 24.7. The Morgan fingerprint density at radius 3 is 1.56 bits per heavy atom. The van der Waals surface area contributed by atoms with Crippen molar-refractivity contribution in [3.05, 3.63) is 24.8 Å². The fourth-order valence-corrected chi connectivity index (χ4v) is 9.02. The molecule has 17 heteroatoms. The van der Waals surface area contributed by atoms with Gasteiger partial charge in [0.05, 0.1) is 51.5 Å². The third-order valence-corrected chi connectivity index (χ3v) is 13.4. The van der Waals surface area contributed by atoms with Gasteiger partial charge in [-0.15, -0.1) is 0 Å². The number of aromatic amines is 1. The van der Waals surface area contributed by atoms with Crippen molar-refractivity contribution in [2.45, 2.75) is 88.7 Å². The van der Waals surface area contributed by atoms with Gasteiger partial charge in [-0.3, -0.25) is 9.78 Å².